The Balaban J connectivity index is 1.37. The van der Waals surface area contributed by atoms with Crippen molar-refractivity contribution in [1.82, 2.24) is 19.2 Å². The number of halogens is 1. The summed E-state index contributed by atoms with van der Waals surface area (Å²) in [5.74, 6) is -0.890. The Kier molecular flexibility index (Phi) is 5.89. The van der Waals surface area contributed by atoms with Gasteiger partial charge in [0.15, 0.2) is 0 Å². The van der Waals surface area contributed by atoms with Gasteiger partial charge in [0.1, 0.15) is 15.7 Å². The molecular formula is C20H19FN4O3S2. The lowest BCUT2D eigenvalue weighted by molar-refractivity contribution is -0.131. The van der Waals surface area contributed by atoms with Crippen LogP contribution >= 0.6 is 11.3 Å². The number of aromatic nitrogens is 2. The maximum absolute atomic E-state index is 13.9. The van der Waals surface area contributed by atoms with E-state index in [1.165, 1.54) is 33.8 Å². The van der Waals surface area contributed by atoms with Crippen LogP contribution in [-0.4, -0.2) is 59.7 Å². The summed E-state index contributed by atoms with van der Waals surface area (Å²) in [6, 6.07) is 10.9. The lowest BCUT2D eigenvalue weighted by Crippen LogP contribution is -2.51. The van der Waals surface area contributed by atoms with E-state index in [2.05, 4.69) is 9.97 Å². The Morgan fingerprint density at radius 2 is 1.80 bits per heavy atom. The predicted octanol–water partition coefficient (Wildman–Crippen LogP) is 2.42. The summed E-state index contributed by atoms with van der Waals surface area (Å²) in [5, 5.41) is 2.58. The van der Waals surface area contributed by atoms with Crippen molar-refractivity contribution < 1.29 is 17.6 Å². The quantitative estimate of drug-likeness (QED) is 0.601. The number of carbonyl (C=O) groups excluding carboxylic acids is 1. The molecule has 0 aliphatic carbocycles. The van der Waals surface area contributed by atoms with Crippen LogP contribution in [0.4, 0.5) is 4.39 Å². The number of hydrogen-bond acceptors (Lipinski definition) is 6. The standard InChI is InChI=1S/C20H19FN4O3S2/c21-16-5-1-2-7-18(16)30(27,28)25-11-9-24(10-12-25)19(26)13-15-14-29-20(23-15)17-6-3-4-8-22-17/h1-8,14H,9-13H2. The molecule has 1 fully saturated rings. The normalized spacial score (nSPS) is 15.3. The molecule has 0 bridgehead atoms. The summed E-state index contributed by atoms with van der Waals surface area (Å²) in [6.45, 7) is 0.755. The lowest BCUT2D eigenvalue weighted by Gasteiger charge is -2.34. The van der Waals surface area contributed by atoms with Gasteiger partial charge in [0.05, 0.1) is 17.8 Å². The van der Waals surface area contributed by atoms with Crippen LogP contribution in [0.3, 0.4) is 0 Å². The fraction of sp³-hybridized carbons (Fsp3) is 0.250. The molecule has 1 amide bonds. The Morgan fingerprint density at radius 3 is 2.50 bits per heavy atom. The molecule has 10 heteroatoms. The zero-order valence-electron chi connectivity index (χ0n) is 15.9. The SMILES string of the molecule is O=C(Cc1csc(-c2ccccn2)n1)N1CCN(S(=O)(=O)c2ccccc2F)CC1. The van der Waals surface area contributed by atoms with Crippen molar-refractivity contribution in [2.75, 3.05) is 26.2 Å². The average molecular weight is 447 g/mol. The van der Waals surface area contributed by atoms with E-state index < -0.39 is 15.8 Å². The van der Waals surface area contributed by atoms with Gasteiger partial charge in [-0.3, -0.25) is 9.78 Å². The van der Waals surface area contributed by atoms with Crippen molar-refractivity contribution in [3.63, 3.8) is 0 Å². The molecule has 0 atom stereocenters. The maximum Gasteiger partial charge on any atom is 0.246 e. The molecule has 1 saturated heterocycles. The smallest absolute Gasteiger partial charge is 0.246 e. The highest BCUT2D eigenvalue weighted by Crippen LogP contribution is 2.23. The zero-order valence-corrected chi connectivity index (χ0v) is 17.6. The van der Waals surface area contributed by atoms with E-state index in [-0.39, 0.29) is 43.4 Å². The fourth-order valence-corrected chi connectivity index (χ4v) is 5.52. The van der Waals surface area contributed by atoms with Gasteiger partial charge in [-0.1, -0.05) is 18.2 Å². The minimum atomic E-state index is -3.93. The number of sulfonamides is 1. The molecule has 7 nitrogen and oxygen atoms in total. The van der Waals surface area contributed by atoms with Crippen molar-refractivity contribution in [2.45, 2.75) is 11.3 Å². The molecule has 0 saturated carbocycles. The van der Waals surface area contributed by atoms with Crippen molar-refractivity contribution in [3.8, 4) is 10.7 Å². The minimum absolute atomic E-state index is 0.115. The van der Waals surface area contributed by atoms with Crippen molar-refractivity contribution in [1.29, 1.82) is 0 Å². The van der Waals surface area contributed by atoms with E-state index in [4.69, 9.17) is 0 Å². The van der Waals surface area contributed by atoms with Crippen LogP contribution in [0, 0.1) is 5.82 Å². The predicted molar refractivity (Wildman–Crippen MR) is 111 cm³/mol. The number of hydrogen-bond donors (Lipinski definition) is 0. The Bertz CT molecular complexity index is 1140. The monoisotopic (exact) mass is 446 g/mol. The lowest BCUT2D eigenvalue weighted by atomic mass is 10.2. The molecule has 3 heterocycles. The van der Waals surface area contributed by atoms with Crippen LogP contribution in [0.25, 0.3) is 10.7 Å². The largest absolute Gasteiger partial charge is 0.340 e. The first kappa shape index (κ1) is 20.6. The number of piperazine rings is 1. The molecule has 0 spiro atoms. The van der Waals surface area contributed by atoms with Gasteiger partial charge in [-0.15, -0.1) is 11.3 Å². The third kappa shape index (κ3) is 4.25. The van der Waals surface area contributed by atoms with Gasteiger partial charge < -0.3 is 4.90 Å². The van der Waals surface area contributed by atoms with Gasteiger partial charge in [0.2, 0.25) is 15.9 Å². The Hall–Kier alpha value is -2.69. The number of carbonyl (C=O) groups is 1. The molecule has 3 aromatic rings. The van der Waals surface area contributed by atoms with E-state index in [1.807, 2.05) is 23.6 Å². The summed E-state index contributed by atoms with van der Waals surface area (Å²) < 4.78 is 40.5. The maximum atomic E-state index is 13.9. The number of pyridine rings is 1. The van der Waals surface area contributed by atoms with Crippen LogP contribution in [0.1, 0.15) is 5.69 Å². The summed E-state index contributed by atoms with van der Waals surface area (Å²) in [6.07, 6.45) is 1.83. The summed E-state index contributed by atoms with van der Waals surface area (Å²) >= 11 is 1.43. The number of amides is 1. The first-order valence-corrected chi connectivity index (χ1v) is 11.7. The third-order valence-corrected chi connectivity index (χ3v) is 7.66. The Morgan fingerprint density at radius 1 is 1.07 bits per heavy atom. The number of rotatable bonds is 5. The fourth-order valence-electron chi connectivity index (χ4n) is 3.23. The van der Waals surface area contributed by atoms with E-state index in [0.29, 0.717) is 5.69 Å². The molecule has 0 N–H and O–H groups in total. The molecule has 1 aliphatic heterocycles. The summed E-state index contributed by atoms with van der Waals surface area (Å²) in [7, 11) is -3.93. The highest BCUT2D eigenvalue weighted by atomic mass is 32.2. The molecule has 2 aromatic heterocycles. The van der Waals surface area contributed by atoms with Gasteiger partial charge >= 0.3 is 0 Å². The molecule has 156 valence electrons. The summed E-state index contributed by atoms with van der Waals surface area (Å²) in [5.41, 5.74) is 1.42. The number of thiazole rings is 1. The second-order valence-electron chi connectivity index (χ2n) is 6.75. The average Bonchev–Trinajstić information content (AvgIpc) is 3.23. The van der Waals surface area contributed by atoms with E-state index in [0.717, 1.165) is 16.8 Å². The molecule has 0 radical (unpaired) electrons. The van der Waals surface area contributed by atoms with Crippen LogP contribution < -0.4 is 0 Å². The highest BCUT2D eigenvalue weighted by Gasteiger charge is 2.31. The molecule has 1 aromatic carbocycles. The van der Waals surface area contributed by atoms with Gasteiger partial charge in [-0.05, 0) is 24.3 Å². The van der Waals surface area contributed by atoms with Crippen LogP contribution in [0.2, 0.25) is 0 Å². The second-order valence-corrected chi connectivity index (χ2v) is 9.52. The number of benzene rings is 1. The number of nitrogens with zero attached hydrogens (tertiary/aromatic N) is 4. The van der Waals surface area contributed by atoms with Gasteiger partial charge in [-0.2, -0.15) is 4.31 Å². The van der Waals surface area contributed by atoms with Gasteiger partial charge in [0, 0.05) is 37.8 Å². The molecule has 4 rings (SSSR count). The second kappa shape index (κ2) is 8.58. The van der Waals surface area contributed by atoms with Crippen molar-refractivity contribution >= 4 is 27.3 Å². The Labute approximate surface area is 177 Å². The minimum Gasteiger partial charge on any atom is -0.340 e. The third-order valence-electron chi connectivity index (χ3n) is 4.81. The van der Waals surface area contributed by atoms with Crippen molar-refractivity contribution in [3.05, 3.63) is 65.6 Å². The molecular weight excluding hydrogens is 427 g/mol. The highest BCUT2D eigenvalue weighted by molar-refractivity contribution is 7.89. The van der Waals surface area contributed by atoms with E-state index in [1.54, 1.807) is 11.1 Å². The molecule has 1 aliphatic rings. The molecule has 30 heavy (non-hydrogen) atoms. The first-order chi connectivity index (χ1) is 14.4. The van der Waals surface area contributed by atoms with Crippen LogP contribution in [-0.2, 0) is 21.2 Å². The van der Waals surface area contributed by atoms with E-state index >= 15 is 0 Å². The van der Waals surface area contributed by atoms with Crippen molar-refractivity contribution in [2.24, 2.45) is 0 Å². The topological polar surface area (TPSA) is 83.5 Å². The van der Waals surface area contributed by atoms with Gasteiger partial charge in [0.25, 0.3) is 0 Å². The van der Waals surface area contributed by atoms with Crippen LogP contribution in [0.5, 0.6) is 0 Å². The first-order valence-electron chi connectivity index (χ1n) is 9.33. The van der Waals surface area contributed by atoms with E-state index in [9.17, 15) is 17.6 Å². The zero-order chi connectivity index (χ0) is 21.1. The molecule has 0 unspecified atom stereocenters. The van der Waals surface area contributed by atoms with Gasteiger partial charge in [-0.25, -0.2) is 17.8 Å². The van der Waals surface area contributed by atoms with Crippen LogP contribution in [0.15, 0.2) is 58.9 Å². The summed E-state index contributed by atoms with van der Waals surface area (Å²) in [4.78, 5) is 22.7.